The van der Waals surface area contributed by atoms with Crippen molar-refractivity contribution in [2.24, 2.45) is 0 Å². The minimum Gasteiger partial charge on any atom is -0.465 e. The predicted octanol–water partition coefficient (Wildman–Crippen LogP) is -0.663. The maximum Gasteiger partial charge on any atom is 0.407 e. The van der Waals surface area contributed by atoms with Crippen molar-refractivity contribution in [2.45, 2.75) is 12.1 Å². The monoisotopic (exact) mass is 172 g/mol. The second kappa shape index (κ2) is 2.91. The second-order valence-electron chi connectivity index (χ2n) is 3.16. The highest BCUT2D eigenvalue weighted by Crippen LogP contribution is 2.15. The molecule has 0 spiro atoms. The van der Waals surface area contributed by atoms with Crippen molar-refractivity contribution in [2.75, 3.05) is 26.2 Å². The van der Waals surface area contributed by atoms with Gasteiger partial charge in [-0.15, -0.1) is 0 Å². The summed E-state index contributed by atoms with van der Waals surface area (Å²) in [5.41, 5.74) is 0. The third-order valence-corrected chi connectivity index (χ3v) is 2.38. The number of morpholine rings is 1. The van der Waals surface area contributed by atoms with E-state index in [1.165, 1.54) is 4.90 Å². The number of carbonyl (C=O) groups is 1. The first kappa shape index (κ1) is 7.82. The zero-order chi connectivity index (χ0) is 8.55. The van der Waals surface area contributed by atoms with Gasteiger partial charge in [0.25, 0.3) is 0 Å². The summed E-state index contributed by atoms with van der Waals surface area (Å²) in [6, 6.07) is 0.204. The molecule has 2 heterocycles. The lowest BCUT2D eigenvalue weighted by Crippen LogP contribution is -2.47. The molecule has 0 unspecified atom stereocenters. The zero-order valence-electron chi connectivity index (χ0n) is 6.69. The Hall–Kier alpha value is -0.810. The van der Waals surface area contributed by atoms with Crippen LogP contribution in [0.2, 0.25) is 0 Å². The molecular formula is C7H12N2O3. The Balaban J connectivity index is 1.98. The minimum atomic E-state index is -0.852. The SMILES string of the molecule is O=C(O)N1C[C@H]2NCCO[C@@H]2C1. The molecule has 2 fully saturated rings. The van der Waals surface area contributed by atoms with E-state index in [0.29, 0.717) is 19.7 Å². The Morgan fingerprint density at radius 3 is 3.08 bits per heavy atom. The molecule has 0 bridgehead atoms. The van der Waals surface area contributed by atoms with Gasteiger partial charge in [0.2, 0.25) is 0 Å². The third-order valence-electron chi connectivity index (χ3n) is 2.38. The predicted molar refractivity (Wildman–Crippen MR) is 41.1 cm³/mol. The number of ether oxygens (including phenoxy) is 1. The van der Waals surface area contributed by atoms with Gasteiger partial charge in [0.05, 0.1) is 25.3 Å². The Kier molecular flexibility index (Phi) is 1.90. The lowest BCUT2D eigenvalue weighted by atomic mass is 10.2. The third kappa shape index (κ3) is 1.25. The minimum absolute atomic E-state index is 0.0647. The average molecular weight is 172 g/mol. The summed E-state index contributed by atoms with van der Waals surface area (Å²) in [7, 11) is 0. The van der Waals surface area contributed by atoms with Crippen LogP contribution in [0.15, 0.2) is 0 Å². The van der Waals surface area contributed by atoms with Gasteiger partial charge in [0, 0.05) is 13.1 Å². The smallest absolute Gasteiger partial charge is 0.407 e. The van der Waals surface area contributed by atoms with Crippen molar-refractivity contribution >= 4 is 6.09 Å². The van der Waals surface area contributed by atoms with Gasteiger partial charge in [0.1, 0.15) is 0 Å². The molecule has 2 atom stereocenters. The molecule has 1 amide bonds. The van der Waals surface area contributed by atoms with Crippen molar-refractivity contribution in [3.8, 4) is 0 Å². The van der Waals surface area contributed by atoms with E-state index in [0.717, 1.165) is 6.54 Å². The number of hydrogen-bond acceptors (Lipinski definition) is 3. The van der Waals surface area contributed by atoms with E-state index in [9.17, 15) is 4.79 Å². The van der Waals surface area contributed by atoms with Gasteiger partial charge < -0.3 is 20.1 Å². The van der Waals surface area contributed by atoms with Crippen molar-refractivity contribution in [3.63, 3.8) is 0 Å². The Bertz CT molecular complexity index is 183. The molecular weight excluding hydrogens is 160 g/mol. The highest BCUT2D eigenvalue weighted by molar-refractivity contribution is 5.65. The summed E-state index contributed by atoms with van der Waals surface area (Å²) in [5.74, 6) is 0. The van der Waals surface area contributed by atoms with Crippen LogP contribution in [0, 0.1) is 0 Å². The van der Waals surface area contributed by atoms with Crippen molar-refractivity contribution in [1.29, 1.82) is 0 Å². The van der Waals surface area contributed by atoms with E-state index in [4.69, 9.17) is 9.84 Å². The number of nitrogens with zero attached hydrogens (tertiary/aromatic N) is 1. The molecule has 2 saturated heterocycles. The van der Waals surface area contributed by atoms with E-state index in [2.05, 4.69) is 5.32 Å². The number of nitrogens with one attached hydrogen (secondary N) is 1. The van der Waals surface area contributed by atoms with E-state index in [-0.39, 0.29) is 12.1 Å². The number of carboxylic acid groups (broad SMARTS) is 1. The maximum atomic E-state index is 10.6. The average Bonchev–Trinajstić information content (AvgIpc) is 2.46. The number of hydrogen-bond donors (Lipinski definition) is 2. The lowest BCUT2D eigenvalue weighted by molar-refractivity contribution is 0.0179. The van der Waals surface area contributed by atoms with Crippen molar-refractivity contribution < 1.29 is 14.6 Å². The number of amides is 1. The van der Waals surface area contributed by atoms with Gasteiger partial charge in [-0.3, -0.25) is 0 Å². The highest BCUT2D eigenvalue weighted by atomic mass is 16.5. The van der Waals surface area contributed by atoms with Crippen LogP contribution in [0.5, 0.6) is 0 Å². The first-order chi connectivity index (χ1) is 5.77. The van der Waals surface area contributed by atoms with Crippen LogP contribution in [0.25, 0.3) is 0 Å². The van der Waals surface area contributed by atoms with Crippen molar-refractivity contribution in [3.05, 3.63) is 0 Å². The first-order valence-corrected chi connectivity index (χ1v) is 4.10. The van der Waals surface area contributed by atoms with Crippen LogP contribution in [-0.2, 0) is 4.74 Å². The van der Waals surface area contributed by atoms with E-state index < -0.39 is 6.09 Å². The Morgan fingerprint density at radius 1 is 1.58 bits per heavy atom. The molecule has 2 N–H and O–H groups in total. The quantitative estimate of drug-likeness (QED) is 0.509. The maximum absolute atomic E-state index is 10.6. The summed E-state index contributed by atoms with van der Waals surface area (Å²) >= 11 is 0. The lowest BCUT2D eigenvalue weighted by Gasteiger charge is -2.25. The molecule has 0 aromatic rings. The summed E-state index contributed by atoms with van der Waals surface area (Å²) in [4.78, 5) is 12.0. The molecule has 2 rings (SSSR count). The van der Waals surface area contributed by atoms with Crippen LogP contribution in [-0.4, -0.2) is 54.5 Å². The van der Waals surface area contributed by atoms with Gasteiger partial charge in [-0.1, -0.05) is 0 Å². The molecule has 2 aliphatic heterocycles. The fraction of sp³-hybridized carbons (Fsp3) is 0.857. The van der Waals surface area contributed by atoms with Gasteiger partial charge in [-0.25, -0.2) is 4.79 Å². The molecule has 0 aromatic heterocycles. The van der Waals surface area contributed by atoms with Gasteiger partial charge in [0.15, 0.2) is 0 Å². The fourth-order valence-corrected chi connectivity index (χ4v) is 1.75. The molecule has 0 aromatic carbocycles. The number of fused-ring (bicyclic) bond motifs is 1. The van der Waals surface area contributed by atoms with Crippen LogP contribution >= 0.6 is 0 Å². The van der Waals surface area contributed by atoms with E-state index in [1.54, 1.807) is 0 Å². The Morgan fingerprint density at radius 2 is 2.42 bits per heavy atom. The summed E-state index contributed by atoms with van der Waals surface area (Å²) < 4.78 is 5.41. The van der Waals surface area contributed by atoms with Gasteiger partial charge >= 0.3 is 6.09 Å². The molecule has 0 radical (unpaired) electrons. The van der Waals surface area contributed by atoms with Crippen molar-refractivity contribution in [1.82, 2.24) is 10.2 Å². The number of likely N-dealkylation sites (tertiary alicyclic amines) is 1. The van der Waals surface area contributed by atoms with E-state index in [1.807, 2.05) is 0 Å². The first-order valence-electron chi connectivity index (χ1n) is 4.10. The molecule has 68 valence electrons. The van der Waals surface area contributed by atoms with Gasteiger partial charge in [-0.2, -0.15) is 0 Å². The van der Waals surface area contributed by atoms with Crippen LogP contribution in [0.4, 0.5) is 4.79 Å². The summed E-state index contributed by atoms with van der Waals surface area (Å²) in [6.07, 6.45) is -0.787. The highest BCUT2D eigenvalue weighted by Gasteiger charge is 2.37. The van der Waals surface area contributed by atoms with Crippen LogP contribution in [0.3, 0.4) is 0 Å². The molecule has 5 nitrogen and oxygen atoms in total. The molecule has 0 saturated carbocycles. The largest absolute Gasteiger partial charge is 0.465 e. The molecule has 2 aliphatic rings. The fourth-order valence-electron chi connectivity index (χ4n) is 1.75. The van der Waals surface area contributed by atoms with Gasteiger partial charge in [-0.05, 0) is 0 Å². The number of rotatable bonds is 0. The molecule has 5 heteroatoms. The normalized spacial score (nSPS) is 34.8. The van der Waals surface area contributed by atoms with Crippen LogP contribution in [0.1, 0.15) is 0 Å². The topological polar surface area (TPSA) is 61.8 Å². The standard InChI is InChI=1S/C7H12N2O3/c10-7(11)9-3-5-6(4-9)12-2-1-8-5/h5-6,8H,1-4H2,(H,10,11)/t5-,6-/m1/s1. The van der Waals surface area contributed by atoms with Crippen LogP contribution < -0.4 is 5.32 Å². The summed E-state index contributed by atoms with van der Waals surface area (Å²) in [6.45, 7) is 2.58. The van der Waals surface area contributed by atoms with E-state index >= 15 is 0 Å². The zero-order valence-corrected chi connectivity index (χ0v) is 6.69. The second-order valence-corrected chi connectivity index (χ2v) is 3.16. The summed E-state index contributed by atoms with van der Waals surface area (Å²) in [5, 5.41) is 11.9. The molecule has 12 heavy (non-hydrogen) atoms. The molecule has 0 aliphatic carbocycles. The Labute approximate surface area is 70.3 Å².